The van der Waals surface area contributed by atoms with Gasteiger partial charge in [-0.2, -0.15) is 5.26 Å². The zero-order valence-electron chi connectivity index (χ0n) is 12.3. The van der Waals surface area contributed by atoms with Gasteiger partial charge in [-0.05, 0) is 18.2 Å². The molecule has 1 amide bonds. The molecule has 0 bridgehead atoms. The molecule has 0 atom stereocenters. The van der Waals surface area contributed by atoms with E-state index in [1.165, 1.54) is 6.20 Å². The van der Waals surface area contributed by atoms with Gasteiger partial charge in [-0.1, -0.05) is 11.8 Å². The number of thioether (sulfide) groups is 1. The number of benzene rings is 1. The minimum atomic E-state index is -0.261. The van der Waals surface area contributed by atoms with E-state index in [1.54, 1.807) is 18.2 Å². The van der Waals surface area contributed by atoms with Crippen LogP contribution in [0.25, 0.3) is 0 Å². The number of hydrogen-bond donors (Lipinski definition) is 2. The second-order valence-corrected chi connectivity index (χ2v) is 5.77. The van der Waals surface area contributed by atoms with E-state index in [-0.39, 0.29) is 35.4 Å². The molecule has 24 heavy (non-hydrogen) atoms. The number of aromatic nitrogens is 2. The number of amides is 1. The molecule has 0 fully saturated rings. The number of carbonyl (C=O) groups excluding carboxylic acids is 2. The molecule has 3 N–H and O–H groups in total. The zero-order chi connectivity index (χ0) is 17.1. The third-order valence-electron chi connectivity index (χ3n) is 3.18. The van der Waals surface area contributed by atoms with Crippen LogP contribution in [-0.4, -0.2) is 34.0 Å². The third-order valence-corrected chi connectivity index (χ3v) is 4.04. The van der Waals surface area contributed by atoms with Gasteiger partial charge in [-0.25, -0.2) is 9.97 Å². The van der Waals surface area contributed by atoms with Gasteiger partial charge >= 0.3 is 0 Å². The second kappa shape index (κ2) is 6.55. The van der Waals surface area contributed by atoms with Crippen molar-refractivity contribution < 1.29 is 14.3 Å². The summed E-state index contributed by atoms with van der Waals surface area (Å²) in [6.45, 7) is -0.0341. The number of hydrogen-bond acceptors (Lipinski definition) is 8. The molecule has 1 aliphatic heterocycles. The van der Waals surface area contributed by atoms with E-state index in [4.69, 9.17) is 15.7 Å². The minimum absolute atomic E-state index is 0.0341. The van der Waals surface area contributed by atoms with E-state index in [0.29, 0.717) is 22.2 Å². The molecule has 2 aromatic rings. The summed E-state index contributed by atoms with van der Waals surface area (Å²) < 4.78 is 5.25. The van der Waals surface area contributed by atoms with Crippen molar-refractivity contribution in [2.45, 2.75) is 5.16 Å². The number of ether oxygens (including phenoxy) is 1. The molecule has 1 aromatic heterocycles. The Labute approximate surface area is 141 Å². The van der Waals surface area contributed by atoms with Crippen LogP contribution in [0.2, 0.25) is 0 Å². The Balaban J connectivity index is 1.69. The molecule has 2 heterocycles. The highest BCUT2D eigenvalue weighted by Crippen LogP contribution is 2.29. The molecule has 120 valence electrons. The molecule has 0 saturated carbocycles. The van der Waals surface area contributed by atoms with Crippen LogP contribution in [0.4, 0.5) is 11.5 Å². The predicted octanol–water partition coefficient (Wildman–Crippen LogP) is 1.24. The maximum Gasteiger partial charge on any atom is 0.262 e. The molecular formula is C15H11N5O3S. The van der Waals surface area contributed by atoms with Crippen molar-refractivity contribution >= 4 is 35.0 Å². The Morgan fingerprint density at radius 3 is 3.08 bits per heavy atom. The van der Waals surface area contributed by atoms with Crippen molar-refractivity contribution in [3.05, 3.63) is 35.5 Å². The number of anilines is 2. The smallest absolute Gasteiger partial charge is 0.262 e. The molecule has 0 saturated heterocycles. The van der Waals surface area contributed by atoms with Crippen molar-refractivity contribution in [2.75, 3.05) is 23.4 Å². The summed E-state index contributed by atoms with van der Waals surface area (Å²) in [6.07, 6.45) is 1.32. The second-order valence-electron chi connectivity index (χ2n) is 4.82. The molecular weight excluding hydrogens is 330 g/mol. The van der Waals surface area contributed by atoms with Crippen molar-refractivity contribution in [3.63, 3.8) is 0 Å². The van der Waals surface area contributed by atoms with Gasteiger partial charge in [0.1, 0.15) is 23.2 Å². The van der Waals surface area contributed by atoms with Crippen LogP contribution in [0.3, 0.4) is 0 Å². The predicted molar refractivity (Wildman–Crippen MR) is 86.8 cm³/mol. The quantitative estimate of drug-likeness (QED) is 0.482. The number of nitrogen functional groups attached to an aromatic ring is 1. The lowest BCUT2D eigenvalue weighted by atomic mass is 10.1. The SMILES string of the molecule is N#Cc1cnc(SCC(=O)c2ccc3c(c2)NC(=O)CO3)nc1N. The Morgan fingerprint density at radius 1 is 1.50 bits per heavy atom. The van der Waals surface area contributed by atoms with E-state index in [2.05, 4.69) is 15.3 Å². The Kier molecular flexibility index (Phi) is 4.31. The maximum atomic E-state index is 12.3. The van der Waals surface area contributed by atoms with Crippen LogP contribution in [0, 0.1) is 11.3 Å². The van der Waals surface area contributed by atoms with Crippen LogP contribution in [0.15, 0.2) is 29.6 Å². The molecule has 0 aliphatic carbocycles. The molecule has 9 heteroatoms. The lowest BCUT2D eigenvalue weighted by molar-refractivity contribution is -0.118. The lowest BCUT2D eigenvalue weighted by Gasteiger charge is -2.18. The fourth-order valence-corrected chi connectivity index (χ4v) is 2.72. The molecule has 1 aromatic carbocycles. The van der Waals surface area contributed by atoms with Gasteiger partial charge in [0.15, 0.2) is 17.5 Å². The van der Waals surface area contributed by atoms with Crippen LogP contribution < -0.4 is 15.8 Å². The largest absolute Gasteiger partial charge is 0.482 e. The first-order valence-electron chi connectivity index (χ1n) is 6.82. The first kappa shape index (κ1) is 15.8. The summed E-state index contributed by atoms with van der Waals surface area (Å²) >= 11 is 1.11. The van der Waals surface area contributed by atoms with Crippen LogP contribution >= 0.6 is 11.8 Å². The van der Waals surface area contributed by atoms with Gasteiger partial charge in [0.05, 0.1) is 17.6 Å². The summed E-state index contributed by atoms with van der Waals surface area (Å²) in [4.78, 5) is 31.5. The van der Waals surface area contributed by atoms with E-state index in [1.807, 2.05) is 6.07 Å². The van der Waals surface area contributed by atoms with Gasteiger partial charge in [0.25, 0.3) is 5.91 Å². The van der Waals surface area contributed by atoms with Gasteiger partial charge in [0.2, 0.25) is 0 Å². The topological polar surface area (TPSA) is 131 Å². The highest BCUT2D eigenvalue weighted by Gasteiger charge is 2.18. The van der Waals surface area contributed by atoms with Crippen LogP contribution in [0.5, 0.6) is 5.75 Å². The van der Waals surface area contributed by atoms with E-state index >= 15 is 0 Å². The highest BCUT2D eigenvalue weighted by atomic mass is 32.2. The Bertz CT molecular complexity index is 878. The van der Waals surface area contributed by atoms with Crippen molar-refractivity contribution in [3.8, 4) is 11.8 Å². The molecule has 0 unspecified atom stereocenters. The summed E-state index contributed by atoms with van der Waals surface area (Å²) in [5.41, 5.74) is 6.72. The van der Waals surface area contributed by atoms with Crippen molar-refractivity contribution in [2.24, 2.45) is 0 Å². The van der Waals surface area contributed by atoms with E-state index in [0.717, 1.165) is 11.8 Å². The number of fused-ring (bicyclic) bond motifs is 1. The van der Waals surface area contributed by atoms with Crippen LogP contribution in [-0.2, 0) is 4.79 Å². The van der Waals surface area contributed by atoms with E-state index < -0.39 is 0 Å². The maximum absolute atomic E-state index is 12.3. The van der Waals surface area contributed by atoms with Crippen molar-refractivity contribution in [1.82, 2.24) is 9.97 Å². The highest BCUT2D eigenvalue weighted by molar-refractivity contribution is 7.99. The standard InChI is InChI=1S/C15H11N5O3S/c16-4-9-5-18-15(20-14(9)17)24-7-11(21)8-1-2-12-10(3-8)19-13(22)6-23-12/h1-3,5H,6-7H2,(H,19,22)(H2,17,18,20). The van der Waals surface area contributed by atoms with E-state index in [9.17, 15) is 9.59 Å². The average molecular weight is 341 g/mol. The number of nitrogens with zero attached hydrogens (tertiary/aromatic N) is 3. The Hall–Kier alpha value is -3.12. The zero-order valence-corrected chi connectivity index (χ0v) is 13.1. The normalized spacial score (nSPS) is 12.5. The number of nitrogens with one attached hydrogen (secondary N) is 1. The Morgan fingerprint density at radius 2 is 2.33 bits per heavy atom. The number of carbonyl (C=O) groups is 2. The summed E-state index contributed by atoms with van der Waals surface area (Å²) in [5.74, 6) is 0.286. The first-order chi connectivity index (χ1) is 11.6. The van der Waals surface area contributed by atoms with Gasteiger partial charge in [0, 0.05) is 5.56 Å². The summed E-state index contributed by atoms with van der Waals surface area (Å²) in [6, 6.07) is 6.72. The molecule has 0 spiro atoms. The van der Waals surface area contributed by atoms with Gasteiger partial charge in [-0.3, -0.25) is 9.59 Å². The number of nitriles is 1. The molecule has 0 radical (unpaired) electrons. The minimum Gasteiger partial charge on any atom is -0.482 e. The number of Topliss-reactive ketones (excluding diaryl/α,β-unsaturated/α-hetero) is 1. The molecule has 1 aliphatic rings. The third kappa shape index (κ3) is 3.28. The van der Waals surface area contributed by atoms with Gasteiger partial charge in [-0.15, -0.1) is 0 Å². The van der Waals surface area contributed by atoms with Gasteiger partial charge < -0.3 is 15.8 Å². The average Bonchev–Trinajstić information content (AvgIpc) is 2.59. The fraction of sp³-hybridized carbons (Fsp3) is 0.133. The summed E-state index contributed by atoms with van der Waals surface area (Å²) in [5, 5.41) is 11.7. The first-order valence-corrected chi connectivity index (χ1v) is 7.80. The molecule has 8 nitrogen and oxygen atoms in total. The number of rotatable bonds is 4. The number of nitrogens with two attached hydrogens (primary N) is 1. The fourth-order valence-electron chi connectivity index (χ4n) is 2.00. The summed E-state index contributed by atoms with van der Waals surface area (Å²) in [7, 11) is 0. The molecule has 3 rings (SSSR count). The monoisotopic (exact) mass is 341 g/mol. The van der Waals surface area contributed by atoms with Crippen LogP contribution in [0.1, 0.15) is 15.9 Å². The van der Waals surface area contributed by atoms with Crippen molar-refractivity contribution in [1.29, 1.82) is 5.26 Å². The number of ketones is 1. The lowest BCUT2D eigenvalue weighted by Crippen LogP contribution is -2.25.